The van der Waals surface area contributed by atoms with Gasteiger partial charge in [-0.3, -0.25) is 9.59 Å². The summed E-state index contributed by atoms with van der Waals surface area (Å²) >= 11 is 0. The van der Waals surface area contributed by atoms with Crippen molar-refractivity contribution in [2.24, 2.45) is 16.7 Å². The van der Waals surface area contributed by atoms with Crippen molar-refractivity contribution in [1.82, 2.24) is 0 Å². The number of esters is 2. The number of cyclic esters (lactones) is 1. The van der Waals surface area contributed by atoms with Crippen LogP contribution in [0.4, 0.5) is 0 Å². The standard InChI is InChI=1S/C13H20O4/c1-12(2,3)11(15)16-7-9-13(4)6-5-8(13)10(14)17-9/h8-9H,5-7H2,1-4H3/t8-,9-,13-/m1/s1. The molecule has 2 rings (SSSR count). The Labute approximate surface area is 102 Å². The van der Waals surface area contributed by atoms with Gasteiger partial charge in [-0.05, 0) is 33.6 Å². The van der Waals surface area contributed by atoms with Gasteiger partial charge in [0, 0.05) is 5.41 Å². The lowest BCUT2D eigenvalue weighted by atomic mass is 9.60. The Hall–Kier alpha value is -1.06. The maximum absolute atomic E-state index is 11.7. The first-order valence-electron chi connectivity index (χ1n) is 6.13. The molecule has 0 amide bonds. The van der Waals surface area contributed by atoms with E-state index in [1.54, 1.807) is 0 Å². The number of hydrogen-bond acceptors (Lipinski definition) is 4. The van der Waals surface area contributed by atoms with Crippen molar-refractivity contribution in [2.45, 2.75) is 46.6 Å². The maximum Gasteiger partial charge on any atom is 0.311 e. The molecule has 0 radical (unpaired) electrons. The molecular formula is C13H20O4. The second-order valence-electron chi connectivity index (χ2n) is 6.37. The Morgan fingerprint density at radius 1 is 1.53 bits per heavy atom. The molecule has 0 aromatic carbocycles. The fourth-order valence-electron chi connectivity index (χ4n) is 2.47. The second-order valence-corrected chi connectivity index (χ2v) is 6.37. The Morgan fingerprint density at radius 2 is 2.18 bits per heavy atom. The predicted molar refractivity (Wildman–Crippen MR) is 61.1 cm³/mol. The van der Waals surface area contributed by atoms with Crippen molar-refractivity contribution in [3.8, 4) is 0 Å². The maximum atomic E-state index is 11.7. The molecular weight excluding hydrogens is 220 g/mol. The van der Waals surface area contributed by atoms with E-state index < -0.39 is 5.41 Å². The van der Waals surface area contributed by atoms with Crippen LogP contribution in [0.1, 0.15) is 40.5 Å². The third-order valence-electron chi connectivity index (χ3n) is 4.02. The smallest absolute Gasteiger partial charge is 0.311 e. The summed E-state index contributed by atoms with van der Waals surface area (Å²) in [6, 6.07) is 0. The SMILES string of the molecule is CC(C)(C)C(=O)OC[C@H]1OC(=O)[C@H]2CC[C@]21C. The lowest BCUT2D eigenvalue weighted by Crippen LogP contribution is -2.44. The normalized spacial score (nSPS) is 35.9. The van der Waals surface area contributed by atoms with Crippen LogP contribution in [0.5, 0.6) is 0 Å². The molecule has 96 valence electrons. The van der Waals surface area contributed by atoms with Gasteiger partial charge in [-0.2, -0.15) is 0 Å². The minimum Gasteiger partial charge on any atom is -0.461 e. The Bertz CT molecular complexity index is 355. The second kappa shape index (κ2) is 3.72. The van der Waals surface area contributed by atoms with Gasteiger partial charge >= 0.3 is 11.9 Å². The van der Waals surface area contributed by atoms with Crippen molar-refractivity contribution < 1.29 is 19.1 Å². The van der Waals surface area contributed by atoms with Crippen LogP contribution in [-0.2, 0) is 19.1 Å². The number of carbonyl (C=O) groups is 2. The highest BCUT2D eigenvalue weighted by Crippen LogP contribution is 2.55. The molecule has 0 N–H and O–H groups in total. The Kier molecular flexibility index (Phi) is 2.71. The van der Waals surface area contributed by atoms with Gasteiger partial charge < -0.3 is 9.47 Å². The largest absolute Gasteiger partial charge is 0.461 e. The van der Waals surface area contributed by atoms with Crippen LogP contribution in [0.2, 0.25) is 0 Å². The first-order valence-corrected chi connectivity index (χ1v) is 6.13. The molecule has 4 nitrogen and oxygen atoms in total. The number of carbonyl (C=O) groups excluding carboxylic acids is 2. The molecule has 1 aliphatic carbocycles. The zero-order valence-electron chi connectivity index (χ0n) is 10.9. The summed E-state index contributed by atoms with van der Waals surface area (Å²) in [4.78, 5) is 23.2. The molecule has 17 heavy (non-hydrogen) atoms. The van der Waals surface area contributed by atoms with E-state index >= 15 is 0 Å². The summed E-state index contributed by atoms with van der Waals surface area (Å²) in [5, 5.41) is 0. The van der Waals surface area contributed by atoms with E-state index in [-0.39, 0.29) is 36.0 Å². The van der Waals surface area contributed by atoms with E-state index in [9.17, 15) is 9.59 Å². The van der Waals surface area contributed by atoms with Crippen molar-refractivity contribution in [3.05, 3.63) is 0 Å². The lowest BCUT2D eigenvalue weighted by Gasteiger charge is -2.41. The van der Waals surface area contributed by atoms with Gasteiger partial charge in [0.2, 0.25) is 0 Å². The average molecular weight is 240 g/mol. The zero-order chi connectivity index (χ0) is 12.8. The number of hydrogen-bond donors (Lipinski definition) is 0. The highest BCUT2D eigenvalue weighted by molar-refractivity contribution is 5.78. The molecule has 1 heterocycles. The first kappa shape index (κ1) is 12.4. The van der Waals surface area contributed by atoms with Crippen molar-refractivity contribution in [2.75, 3.05) is 6.61 Å². The van der Waals surface area contributed by atoms with E-state index in [1.165, 1.54) is 0 Å². The topological polar surface area (TPSA) is 52.6 Å². The fourth-order valence-corrected chi connectivity index (χ4v) is 2.47. The predicted octanol–water partition coefficient (Wildman–Crippen LogP) is 1.92. The highest BCUT2D eigenvalue weighted by atomic mass is 16.6. The molecule has 3 atom stereocenters. The van der Waals surface area contributed by atoms with Gasteiger partial charge in [-0.15, -0.1) is 0 Å². The molecule has 1 saturated carbocycles. The number of fused-ring (bicyclic) bond motifs is 1. The van der Waals surface area contributed by atoms with Crippen LogP contribution < -0.4 is 0 Å². The summed E-state index contributed by atoms with van der Waals surface area (Å²) < 4.78 is 10.5. The average Bonchev–Trinajstić information content (AvgIpc) is 2.33. The van der Waals surface area contributed by atoms with Crippen molar-refractivity contribution in [1.29, 1.82) is 0 Å². The molecule has 0 bridgehead atoms. The van der Waals surface area contributed by atoms with Gasteiger partial charge in [0.1, 0.15) is 12.7 Å². The van der Waals surface area contributed by atoms with Crippen LogP contribution in [0, 0.1) is 16.7 Å². The van der Waals surface area contributed by atoms with Gasteiger partial charge in [0.05, 0.1) is 11.3 Å². The van der Waals surface area contributed by atoms with Gasteiger partial charge in [-0.1, -0.05) is 6.92 Å². The van der Waals surface area contributed by atoms with E-state index in [0.29, 0.717) is 0 Å². The number of ether oxygens (including phenoxy) is 2. The molecule has 2 fully saturated rings. The molecule has 1 aliphatic heterocycles. The number of rotatable bonds is 2. The van der Waals surface area contributed by atoms with Gasteiger partial charge in [0.15, 0.2) is 0 Å². The molecule has 0 aromatic heterocycles. The van der Waals surface area contributed by atoms with Gasteiger partial charge in [-0.25, -0.2) is 0 Å². The Balaban J connectivity index is 1.93. The third kappa shape index (κ3) is 1.94. The summed E-state index contributed by atoms with van der Waals surface area (Å²) in [6.07, 6.45) is 1.61. The zero-order valence-corrected chi connectivity index (χ0v) is 10.9. The molecule has 0 aromatic rings. The van der Waals surface area contributed by atoms with E-state index in [1.807, 2.05) is 27.7 Å². The van der Waals surface area contributed by atoms with Crippen LogP contribution >= 0.6 is 0 Å². The molecule has 4 heteroatoms. The van der Waals surface area contributed by atoms with Crippen LogP contribution in [0.25, 0.3) is 0 Å². The third-order valence-corrected chi connectivity index (χ3v) is 4.02. The minimum absolute atomic E-state index is 0.0147. The van der Waals surface area contributed by atoms with Crippen molar-refractivity contribution in [3.63, 3.8) is 0 Å². The molecule has 0 unspecified atom stereocenters. The summed E-state index contributed by atoms with van der Waals surface area (Å²) in [5.74, 6) is -0.365. The molecule has 2 aliphatic rings. The first-order chi connectivity index (χ1) is 7.75. The Morgan fingerprint density at radius 3 is 2.59 bits per heavy atom. The van der Waals surface area contributed by atoms with E-state index in [2.05, 4.69) is 0 Å². The summed E-state index contributed by atoms with van der Waals surface area (Å²) in [5.41, 5.74) is -0.627. The summed E-state index contributed by atoms with van der Waals surface area (Å²) in [6.45, 7) is 7.66. The van der Waals surface area contributed by atoms with Crippen LogP contribution in [-0.4, -0.2) is 24.6 Å². The van der Waals surface area contributed by atoms with E-state index in [0.717, 1.165) is 12.8 Å². The fraction of sp³-hybridized carbons (Fsp3) is 0.846. The summed E-state index contributed by atoms with van der Waals surface area (Å²) in [7, 11) is 0. The van der Waals surface area contributed by atoms with Crippen LogP contribution in [0.15, 0.2) is 0 Å². The lowest BCUT2D eigenvalue weighted by molar-refractivity contribution is -0.161. The highest BCUT2D eigenvalue weighted by Gasteiger charge is 2.60. The minimum atomic E-state index is -0.511. The molecule has 1 saturated heterocycles. The monoisotopic (exact) mass is 240 g/mol. The molecule has 0 spiro atoms. The van der Waals surface area contributed by atoms with Gasteiger partial charge in [0.25, 0.3) is 0 Å². The van der Waals surface area contributed by atoms with E-state index in [4.69, 9.17) is 9.47 Å². The van der Waals surface area contributed by atoms with Crippen LogP contribution in [0.3, 0.4) is 0 Å². The van der Waals surface area contributed by atoms with Crippen molar-refractivity contribution >= 4 is 11.9 Å². The quantitative estimate of drug-likeness (QED) is 0.692.